The smallest absolute Gasteiger partial charge is 0.253 e. The van der Waals surface area contributed by atoms with Crippen molar-refractivity contribution in [3.63, 3.8) is 0 Å². The molecule has 1 aromatic carbocycles. The van der Waals surface area contributed by atoms with Crippen LogP contribution in [0.1, 0.15) is 40.5 Å². The first kappa shape index (κ1) is 21.0. The highest BCUT2D eigenvalue weighted by molar-refractivity contribution is 5.93. The van der Waals surface area contributed by atoms with Crippen LogP contribution in [-0.2, 0) is 19.5 Å². The number of hydrogen-bond donors (Lipinski definition) is 1. The van der Waals surface area contributed by atoms with Gasteiger partial charge in [0.15, 0.2) is 17.5 Å². The van der Waals surface area contributed by atoms with Gasteiger partial charge in [0.05, 0.1) is 11.6 Å². The molecule has 0 spiro atoms. The van der Waals surface area contributed by atoms with E-state index in [1.54, 1.807) is 18.3 Å². The van der Waals surface area contributed by atoms with Crippen LogP contribution in [0.3, 0.4) is 0 Å². The van der Waals surface area contributed by atoms with Crippen LogP contribution < -0.4 is 5.32 Å². The summed E-state index contributed by atoms with van der Waals surface area (Å²) in [5.74, 6) is -1.95. The van der Waals surface area contributed by atoms with Gasteiger partial charge in [-0.05, 0) is 31.2 Å². The van der Waals surface area contributed by atoms with Gasteiger partial charge in [-0.3, -0.25) is 14.7 Å². The number of carbonyl (C=O) groups excluding carboxylic acids is 1. The molecule has 4 rings (SSSR count). The zero-order valence-electron chi connectivity index (χ0n) is 16.9. The van der Waals surface area contributed by atoms with Crippen molar-refractivity contribution < 1.29 is 18.0 Å². The Morgan fingerprint density at radius 1 is 1.13 bits per heavy atom. The summed E-state index contributed by atoms with van der Waals surface area (Å²) in [6.45, 7) is 3.20. The van der Waals surface area contributed by atoms with Gasteiger partial charge in [0.2, 0.25) is 0 Å². The lowest BCUT2D eigenvalue weighted by atomic mass is 10.1. The fourth-order valence-corrected chi connectivity index (χ4v) is 3.65. The van der Waals surface area contributed by atoms with Crippen LogP contribution in [0, 0.1) is 17.5 Å². The SMILES string of the molecule is CC(NC(=O)c1cccnc1)c1nnc2n1CCN(Cc1c(F)ccc(F)c1F)CC2. The minimum Gasteiger partial charge on any atom is -0.342 e. The number of aromatic nitrogens is 4. The number of carbonyl (C=O) groups is 1. The van der Waals surface area contributed by atoms with Crippen molar-refractivity contribution in [2.75, 3.05) is 13.1 Å². The monoisotopic (exact) mass is 430 g/mol. The molecule has 0 radical (unpaired) electrons. The highest BCUT2D eigenvalue weighted by Crippen LogP contribution is 2.21. The number of amides is 1. The largest absolute Gasteiger partial charge is 0.342 e. The topological polar surface area (TPSA) is 75.9 Å². The molecule has 7 nitrogen and oxygen atoms in total. The van der Waals surface area contributed by atoms with Crippen LogP contribution in [-0.4, -0.2) is 43.6 Å². The molecule has 1 atom stereocenters. The standard InChI is InChI=1S/C21H21F3N6O/c1-13(26-21(31)14-3-2-7-25-11-14)20-28-27-18-6-8-29(9-10-30(18)20)12-15-16(22)4-5-17(23)19(15)24/h2-5,7,11,13H,6,8-10,12H2,1H3,(H,26,31). The minimum atomic E-state index is -1.16. The van der Waals surface area contributed by atoms with Crippen LogP contribution in [0.25, 0.3) is 0 Å². The van der Waals surface area contributed by atoms with E-state index in [1.807, 2.05) is 16.4 Å². The van der Waals surface area contributed by atoms with Crippen molar-refractivity contribution in [1.82, 2.24) is 30.0 Å². The predicted octanol–water partition coefficient (Wildman–Crippen LogP) is 2.64. The lowest BCUT2D eigenvalue weighted by Gasteiger charge is -2.21. The summed E-state index contributed by atoms with van der Waals surface area (Å²) in [6.07, 6.45) is 3.58. The number of fused-ring (bicyclic) bond motifs is 1. The third-order valence-electron chi connectivity index (χ3n) is 5.33. The van der Waals surface area contributed by atoms with Gasteiger partial charge in [0.25, 0.3) is 5.91 Å². The van der Waals surface area contributed by atoms with Crippen molar-refractivity contribution in [3.05, 3.63) is 76.9 Å². The first-order valence-corrected chi connectivity index (χ1v) is 9.91. The number of nitrogens with one attached hydrogen (secondary N) is 1. The summed E-state index contributed by atoms with van der Waals surface area (Å²) in [4.78, 5) is 18.2. The maximum atomic E-state index is 14.0. The summed E-state index contributed by atoms with van der Waals surface area (Å²) in [6, 6.07) is 4.67. The normalized spacial score (nSPS) is 15.2. The van der Waals surface area contributed by atoms with Crippen LogP contribution in [0.5, 0.6) is 0 Å². The molecular weight excluding hydrogens is 409 g/mol. The Morgan fingerprint density at radius 3 is 2.71 bits per heavy atom. The van der Waals surface area contributed by atoms with E-state index in [0.29, 0.717) is 37.4 Å². The van der Waals surface area contributed by atoms with Crippen molar-refractivity contribution in [1.29, 1.82) is 0 Å². The summed E-state index contributed by atoms with van der Waals surface area (Å²) in [5, 5.41) is 11.3. The predicted molar refractivity (Wildman–Crippen MR) is 105 cm³/mol. The molecule has 10 heteroatoms. The lowest BCUT2D eigenvalue weighted by molar-refractivity contribution is 0.0937. The molecule has 1 aliphatic heterocycles. The molecule has 1 unspecified atom stereocenters. The molecule has 31 heavy (non-hydrogen) atoms. The Labute approximate surface area is 176 Å². The molecular formula is C21H21F3N6O. The van der Waals surface area contributed by atoms with Crippen molar-refractivity contribution in [3.8, 4) is 0 Å². The van der Waals surface area contributed by atoms with Crippen LogP contribution in [0.15, 0.2) is 36.7 Å². The second-order valence-corrected chi connectivity index (χ2v) is 7.41. The number of benzene rings is 1. The molecule has 0 saturated carbocycles. The second kappa shape index (κ2) is 8.84. The number of pyridine rings is 1. The maximum absolute atomic E-state index is 14.0. The van der Waals surface area contributed by atoms with Gasteiger partial charge < -0.3 is 9.88 Å². The van der Waals surface area contributed by atoms with Gasteiger partial charge in [-0.15, -0.1) is 10.2 Å². The van der Waals surface area contributed by atoms with Crippen molar-refractivity contribution in [2.24, 2.45) is 0 Å². The number of rotatable bonds is 5. The molecule has 1 amide bonds. The third-order valence-corrected chi connectivity index (χ3v) is 5.33. The van der Waals surface area contributed by atoms with Crippen LogP contribution >= 0.6 is 0 Å². The van der Waals surface area contributed by atoms with E-state index in [4.69, 9.17) is 0 Å². The van der Waals surface area contributed by atoms with E-state index in [-0.39, 0.29) is 18.0 Å². The Balaban J connectivity index is 1.45. The summed E-state index contributed by atoms with van der Waals surface area (Å²) >= 11 is 0. The number of hydrogen-bond acceptors (Lipinski definition) is 5. The molecule has 3 aromatic rings. The molecule has 1 N–H and O–H groups in total. The Hall–Kier alpha value is -3.27. The van der Waals surface area contributed by atoms with E-state index >= 15 is 0 Å². The van der Waals surface area contributed by atoms with Gasteiger partial charge >= 0.3 is 0 Å². The van der Waals surface area contributed by atoms with E-state index in [0.717, 1.165) is 18.0 Å². The molecule has 0 aliphatic carbocycles. The van der Waals surface area contributed by atoms with E-state index in [2.05, 4.69) is 20.5 Å². The van der Waals surface area contributed by atoms with Crippen molar-refractivity contribution >= 4 is 5.91 Å². The summed E-state index contributed by atoms with van der Waals surface area (Å²) in [7, 11) is 0. The highest BCUT2D eigenvalue weighted by Gasteiger charge is 2.24. The summed E-state index contributed by atoms with van der Waals surface area (Å²) < 4.78 is 43.5. The fourth-order valence-electron chi connectivity index (χ4n) is 3.65. The Kier molecular flexibility index (Phi) is 5.99. The highest BCUT2D eigenvalue weighted by atomic mass is 19.2. The Morgan fingerprint density at radius 2 is 1.94 bits per heavy atom. The first-order chi connectivity index (χ1) is 14.9. The molecule has 0 saturated heterocycles. The third kappa shape index (κ3) is 4.43. The quantitative estimate of drug-likeness (QED) is 0.630. The zero-order valence-corrected chi connectivity index (χ0v) is 16.9. The van der Waals surface area contributed by atoms with Crippen molar-refractivity contribution in [2.45, 2.75) is 32.5 Å². The molecule has 0 bridgehead atoms. The first-order valence-electron chi connectivity index (χ1n) is 9.91. The van der Waals surface area contributed by atoms with Crippen LogP contribution in [0.2, 0.25) is 0 Å². The molecule has 2 aromatic heterocycles. The maximum Gasteiger partial charge on any atom is 0.253 e. The van der Waals surface area contributed by atoms with Crippen LogP contribution in [0.4, 0.5) is 13.2 Å². The van der Waals surface area contributed by atoms with Gasteiger partial charge in [-0.2, -0.15) is 0 Å². The second-order valence-electron chi connectivity index (χ2n) is 7.41. The van der Waals surface area contributed by atoms with E-state index in [9.17, 15) is 18.0 Å². The zero-order chi connectivity index (χ0) is 22.0. The number of halogens is 3. The fraction of sp³-hybridized carbons (Fsp3) is 0.333. The molecule has 1 aliphatic rings. The van der Waals surface area contributed by atoms with Gasteiger partial charge in [0, 0.05) is 50.6 Å². The number of nitrogens with zero attached hydrogens (tertiary/aromatic N) is 5. The molecule has 3 heterocycles. The van der Waals surface area contributed by atoms with Gasteiger partial charge in [0.1, 0.15) is 11.6 Å². The van der Waals surface area contributed by atoms with E-state index in [1.165, 1.54) is 6.20 Å². The molecule has 0 fully saturated rings. The van der Waals surface area contributed by atoms with E-state index < -0.39 is 23.5 Å². The molecule has 162 valence electrons. The average molecular weight is 430 g/mol. The minimum absolute atomic E-state index is 0.0453. The Bertz CT molecular complexity index is 1090. The average Bonchev–Trinajstić information content (AvgIpc) is 3.08. The lowest BCUT2D eigenvalue weighted by Crippen LogP contribution is -2.30. The van der Waals surface area contributed by atoms with Gasteiger partial charge in [-0.25, -0.2) is 13.2 Å². The summed E-state index contributed by atoms with van der Waals surface area (Å²) in [5.41, 5.74) is 0.158. The van der Waals surface area contributed by atoms with Gasteiger partial charge in [-0.1, -0.05) is 0 Å².